The smallest absolute Gasteiger partial charge is 0.0490 e. The van der Waals surface area contributed by atoms with Crippen LogP contribution in [0.5, 0.6) is 0 Å². The van der Waals surface area contributed by atoms with Crippen molar-refractivity contribution in [2.24, 2.45) is 5.41 Å². The molecule has 0 bridgehead atoms. The highest BCUT2D eigenvalue weighted by molar-refractivity contribution is 9.10. The van der Waals surface area contributed by atoms with E-state index in [1.807, 2.05) is 18.2 Å². The highest BCUT2D eigenvalue weighted by Crippen LogP contribution is 2.48. The maximum atomic E-state index is 9.22. The molecular weight excluding hydrogens is 263 g/mol. The van der Waals surface area contributed by atoms with Crippen molar-refractivity contribution in [3.8, 4) is 0 Å². The van der Waals surface area contributed by atoms with Crippen LogP contribution in [0, 0.1) is 5.41 Å². The minimum atomic E-state index is 0.129. The van der Waals surface area contributed by atoms with Crippen molar-refractivity contribution in [1.82, 2.24) is 0 Å². The van der Waals surface area contributed by atoms with Crippen molar-refractivity contribution in [3.05, 3.63) is 33.3 Å². The minimum Gasteiger partial charge on any atom is -0.396 e. The average molecular weight is 276 g/mol. The van der Waals surface area contributed by atoms with Gasteiger partial charge in [-0.2, -0.15) is 0 Å². The number of hydrogen-bond donors (Lipinski definition) is 1. The molecule has 1 N–H and O–H groups in total. The molecule has 0 saturated heterocycles. The molecule has 14 heavy (non-hydrogen) atoms. The van der Waals surface area contributed by atoms with E-state index in [1.165, 1.54) is 0 Å². The summed E-state index contributed by atoms with van der Waals surface area (Å²) < 4.78 is 1.05. The number of benzene rings is 1. The molecule has 76 valence electrons. The molecule has 1 nitrogen and oxygen atoms in total. The van der Waals surface area contributed by atoms with Crippen LogP contribution >= 0.6 is 27.5 Å². The number of aliphatic hydroxyl groups is 1. The van der Waals surface area contributed by atoms with Gasteiger partial charge in [-0.25, -0.2) is 0 Å². The van der Waals surface area contributed by atoms with Crippen molar-refractivity contribution in [3.63, 3.8) is 0 Å². The summed E-state index contributed by atoms with van der Waals surface area (Å²) in [6.07, 6.45) is 3.13. The van der Waals surface area contributed by atoms with Crippen molar-refractivity contribution >= 4 is 27.5 Å². The van der Waals surface area contributed by atoms with E-state index in [0.29, 0.717) is 0 Å². The van der Waals surface area contributed by atoms with Gasteiger partial charge in [-0.15, -0.1) is 0 Å². The quantitative estimate of drug-likeness (QED) is 0.896. The lowest BCUT2D eigenvalue weighted by atomic mass is 9.97. The zero-order valence-corrected chi connectivity index (χ0v) is 10.1. The molecular formula is C11H12BrClO. The molecule has 0 amide bonds. The Balaban J connectivity index is 2.20. The first-order valence-electron chi connectivity index (χ1n) is 4.70. The molecule has 0 atom stereocenters. The lowest BCUT2D eigenvalue weighted by Crippen LogP contribution is -2.10. The van der Waals surface area contributed by atoms with E-state index in [1.54, 1.807) is 0 Å². The highest BCUT2D eigenvalue weighted by Gasteiger charge is 2.42. The highest BCUT2D eigenvalue weighted by atomic mass is 79.9. The first-order valence-corrected chi connectivity index (χ1v) is 5.87. The van der Waals surface area contributed by atoms with Gasteiger partial charge in [0, 0.05) is 16.1 Å². The Hall–Kier alpha value is -0.0500. The summed E-state index contributed by atoms with van der Waals surface area (Å²) in [5.41, 5.74) is 1.26. The van der Waals surface area contributed by atoms with E-state index in [4.69, 9.17) is 11.6 Å². The number of rotatable bonds is 3. The second-order valence-corrected chi connectivity index (χ2v) is 5.39. The number of halogens is 2. The molecule has 3 heteroatoms. The van der Waals surface area contributed by atoms with Crippen molar-refractivity contribution in [2.75, 3.05) is 6.61 Å². The van der Waals surface area contributed by atoms with Gasteiger partial charge in [0.25, 0.3) is 0 Å². The van der Waals surface area contributed by atoms with Gasteiger partial charge in [0.2, 0.25) is 0 Å². The van der Waals surface area contributed by atoms with E-state index in [9.17, 15) is 5.11 Å². The van der Waals surface area contributed by atoms with Crippen LogP contribution in [0.15, 0.2) is 22.7 Å². The zero-order valence-electron chi connectivity index (χ0n) is 7.76. The predicted molar refractivity (Wildman–Crippen MR) is 61.6 cm³/mol. The van der Waals surface area contributed by atoms with E-state index in [-0.39, 0.29) is 12.0 Å². The summed E-state index contributed by atoms with van der Waals surface area (Å²) >= 11 is 9.51. The van der Waals surface area contributed by atoms with Crippen LogP contribution in [0.25, 0.3) is 0 Å². The van der Waals surface area contributed by atoms with Crippen molar-refractivity contribution in [1.29, 1.82) is 0 Å². The van der Waals surface area contributed by atoms with E-state index < -0.39 is 0 Å². The third-order valence-corrected chi connectivity index (χ3v) is 3.73. The average Bonchev–Trinajstić information content (AvgIpc) is 2.92. The van der Waals surface area contributed by atoms with Gasteiger partial charge in [0.15, 0.2) is 0 Å². The van der Waals surface area contributed by atoms with Gasteiger partial charge < -0.3 is 5.11 Å². The summed E-state index contributed by atoms with van der Waals surface area (Å²) in [5, 5.41) is 10.0. The predicted octanol–water partition coefficient (Wildman–Crippen LogP) is 3.42. The van der Waals surface area contributed by atoms with Crippen molar-refractivity contribution in [2.45, 2.75) is 19.3 Å². The summed E-state index contributed by atoms with van der Waals surface area (Å²) in [4.78, 5) is 0. The fourth-order valence-electron chi connectivity index (χ4n) is 1.65. The molecule has 0 spiro atoms. The lowest BCUT2D eigenvalue weighted by molar-refractivity contribution is 0.211. The van der Waals surface area contributed by atoms with Crippen LogP contribution in [0.3, 0.4) is 0 Å². The van der Waals surface area contributed by atoms with E-state index >= 15 is 0 Å². The molecule has 1 aliphatic carbocycles. The Morgan fingerprint density at radius 2 is 2.14 bits per heavy atom. The zero-order chi connectivity index (χ0) is 10.2. The van der Waals surface area contributed by atoms with Crippen LogP contribution in [0.1, 0.15) is 18.4 Å². The topological polar surface area (TPSA) is 20.2 Å². The Morgan fingerprint density at radius 1 is 1.43 bits per heavy atom. The Kier molecular flexibility index (Phi) is 2.87. The van der Waals surface area contributed by atoms with Crippen LogP contribution in [0.4, 0.5) is 0 Å². The molecule has 1 aromatic rings. The third kappa shape index (κ3) is 2.13. The maximum Gasteiger partial charge on any atom is 0.0490 e. The van der Waals surface area contributed by atoms with Gasteiger partial charge in [0.05, 0.1) is 0 Å². The van der Waals surface area contributed by atoms with Crippen LogP contribution in [0.2, 0.25) is 5.02 Å². The van der Waals surface area contributed by atoms with Crippen LogP contribution in [-0.4, -0.2) is 11.7 Å². The largest absolute Gasteiger partial charge is 0.396 e. The second kappa shape index (κ2) is 3.84. The standard InChI is InChI=1S/C11H12BrClO/c12-9-1-2-10(13)8(5-9)6-11(7-14)3-4-11/h1-2,5,14H,3-4,6-7H2. The summed E-state index contributed by atoms with van der Waals surface area (Å²) in [6.45, 7) is 0.274. The molecule has 2 rings (SSSR count). The fourth-order valence-corrected chi connectivity index (χ4v) is 2.24. The SMILES string of the molecule is OCC1(Cc2cc(Br)ccc2Cl)CC1. The maximum absolute atomic E-state index is 9.22. The Bertz CT molecular complexity index is 347. The Morgan fingerprint density at radius 3 is 2.71 bits per heavy atom. The first kappa shape index (κ1) is 10.5. The van der Waals surface area contributed by atoms with Gasteiger partial charge in [0.1, 0.15) is 0 Å². The molecule has 0 aromatic heterocycles. The lowest BCUT2D eigenvalue weighted by Gasteiger charge is -2.12. The molecule has 1 aromatic carbocycles. The molecule has 1 aliphatic rings. The van der Waals surface area contributed by atoms with Gasteiger partial charge in [-0.1, -0.05) is 27.5 Å². The fraction of sp³-hybridized carbons (Fsp3) is 0.455. The molecule has 1 fully saturated rings. The van der Waals surface area contributed by atoms with Crippen LogP contribution < -0.4 is 0 Å². The number of aliphatic hydroxyl groups excluding tert-OH is 1. The Labute approximate surface area is 97.2 Å². The van der Waals surface area contributed by atoms with Gasteiger partial charge in [-0.3, -0.25) is 0 Å². The van der Waals surface area contributed by atoms with E-state index in [2.05, 4.69) is 15.9 Å². The first-order chi connectivity index (χ1) is 6.65. The summed E-state index contributed by atoms with van der Waals surface area (Å²) in [7, 11) is 0. The van der Waals surface area contributed by atoms with Gasteiger partial charge >= 0.3 is 0 Å². The molecule has 0 heterocycles. The minimum absolute atomic E-state index is 0.129. The third-order valence-electron chi connectivity index (χ3n) is 2.87. The van der Waals surface area contributed by atoms with Crippen molar-refractivity contribution < 1.29 is 5.11 Å². The summed E-state index contributed by atoms with van der Waals surface area (Å²) in [5.74, 6) is 0. The number of hydrogen-bond acceptors (Lipinski definition) is 1. The molecule has 0 unspecified atom stereocenters. The normalized spacial score (nSPS) is 18.2. The van der Waals surface area contributed by atoms with Gasteiger partial charge in [-0.05, 0) is 48.4 Å². The second-order valence-electron chi connectivity index (χ2n) is 4.07. The monoisotopic (exact) mass is 274 g/mol. The molecule has 1 saturated carbocycles. The van der Waals surface area contributed by atoms with E-state index in [0.717, 1.165) is 34.3 Å². The molecule has 0 aliphatic heterocycles. The molecule has 0 radical (unpaired) electrons. The summed E-state index contributed by atoms with van der Waals surface area (Å²) in [6, 6.07) is 5.87. The van der Waals surface area contributed by atoms with Crippen LogP contribution in [-0.2, 0) is 6.42 Å².